The fourth-order valence-corrected chi connectivity index (χ4v) is 2.67. The van der Waals surface area contributed by atoms with Gasteiger partial charge in [-0.25, -0.2) is 4.39 Å². The monoisotopic (exact) mass is 327 g/mol. The lowest BCUT2D eigenvalue weighted by molar-refractivity contribution is 0.0918. The van der Waals surface area contributed by atoms with Crippen molar-refractivity contribution in [1.29, 1.82) is 0 Å². The zero-order chi connectivity index (χ0) is 17.1. The number of hydrogen-bond acceptors (Lipinski definition) is 3. The molecule has 0 bridgehead atoms. The number of aliphatic hydroxyl groups excluding tert-OH is 1. The molecule has 0 spiro atoms. The Morgan fingerprint density at radius 1 is 1.21 bits per heavy atom. The number of aliphatic hydroxyl groups is 1. The Balaban J connectivity index is 1.65. The van der Waals surface area contributed by atoms with Gasteiger partial charge in [0.15, 0.2) is 0 Å². The van der Waals surface area contributed by atoms with Gasteiger partial charge in [0.1, 0.15) is 17.7 Å². The molecule has 1 heterocycles. The third kappa shape index (κ3) is 3.46. The van der Waals surface area contributed by atoms with Gasteiger partial charge in [0.05, 0.1) is 11.7 Å². The molecular weight excluding hydrogens is 309 g/mol. The Labute approximate surface area is 138 Å². The Kier molecular flexibility index (Phi) is 4.62. The number of amides is 1. The van der Waals surface area contributed by atoms with Crippen LogP contribution in [-0.4, -0.2) is 17.1 Å². The van der Waals surface area contributed by atoms with Crippen molar-refractivity contribution in [3.63, 3.8) is 0 Å². The van der Waals surface area contributed by atoms with E-state index in [0.717, 1.165) is 5.39 Å². The molecule has 1 amide bonds. The van der Waals surface area contributed by atoms with Crippen molar-refractivity contribution < 1.29 is 18.7 Å². The number of fused-ring (bicyclic) bond motifs is 1. The fourth-order valence-electron chi connectivity index (χ4n) is 2.67. The lowest BCUT2D eigenvalue weighted by Crippen LogP contribution is -2.33. The predicted octanol–water partition coefficient (Wildman–Crippen LogP) is 3.81. The second-order valence-corrected chi connectivity index (χ2v) is 5.82. The topological polar surface area (TPSA) is 62.5 Å². The van der Waals surface area contributed by atoms with E-state index < -0.39 is 6.10 Å². The summed E-state index contributed by atoms with van der Waals surface area (Å²) in [4.78, 5) is 12.4. The van der Waals surface area contributed by atoms with Gasteiger partial charge in [0.25, 0.3) is 5.91 Å². The Hall–Kier alpha value is -2.66. The van der Waals surface area contributed by atoms with Crippen LogP contribution in [0.3, 0.4) is 0 Å². The molecule has 0 saturated carbocycles. The summed E-state index contributed by atoms with van der Waals surface area (Å²) in [5.41, 5.74) is 1.74. The lowest BCUT2D eigenvalue weighted by Gasteiger charge is -2.18. The number of benzene rings is 2. The van der Waals surface area contributed by atoms with Gasteiger partial charge in [-0.3, -0.25) is 4.79 Å². The van der Waals surface area contributed by atoms with E-state index in [-0.39, 0.29) is 17.8 Å². The second kappa shape index (κ2) is 6.84. The average Bonchev–Trinajstić information content (AvgIpc) is 2.99. The first-order valence-corrected chi connectivity index (χ1v) is 7.75. The van der Waals surface area contributed by atoms with Crippen molar-refractivity contribution in [2.45, 2.75) is 25.5 Å². The highest BCUT2D eigenvalue weighted by Crippen LogP contribution is 2.22. The number of nitrogens with one attached hydrogen (secondary N) is 1. The van der Waals surface area contributed by atoms with Crippen LogP contribution in [0.4, 0.5) is 4.39 Å². The maximum atomic E-state index is 12.9. The van der Waals surface area contributed by atoms with E-state index >= 15 is 0 Å². The number of hydrogen-bond donors (Lipinski definition) is 2. The first kappa shape index (κ1) is 16.2. The molecule has 0 aliphatic rings. The largest absolute Gasteiger partial charge is 0.463 e. The first-order chi connectivity index (χ1) is 11.5. The zero-order valence-corrected chi connectivity index (χ0v) is 13.2. The van der Waals surface area contributed by atoms with E-state index in [1.54, 1.807) is 6.07 Å². The molecule has 0 saturated heterocycles. The van der Waals surface area contributed by atoms with Gasteiger partial charge >= 0.3 is 0 Å². The molecule has 1 aromatic heterocycles. The van der Waals surface area contributed by atoms with Crippen LogP contribution in [0.2, 0.25) is 0 Å². The molecule has 4 nitrogen and oxygen atoms in total. The van der Waals surface area contributed by atoms with Gasteiger partial charge in [-0.05, 0) is 37.1 Å². The number of carbonyl (C=O) groups is 1. The summed E-state index contributed by atoms with van der Waals surface area (Å²) in [6.07, 6.45) is 0.984. The maximum absolute atomic E-state index is 12.9. The third-order valence-corrected chi connectivity index (χ3v) is 3.93. The zero-order valence-electron chi connectivity index (χ0n) is 13.2. The molecule has 0 fully saturated rings. The van der Waals surface area contributed by atoms with Crippen LogP contribution in [0.25, 0.3) is 11.0 Å². The van der Waals surface area contributed by atoms with Crippen LogP contribution in [0.15, 0.2) is 59.2 Å². The van der Waals surface area contributed by atoms with Gasteiger partial charge in [-0.2, -0.15) is 0 Å². The number of carbonyl (C=O) groups excluding carboxylic acids is 1. The Bertz CT molecular complexity index is 841. The summed E-state index contributed by atoms with van der Waals surface area (Å²) in [6.45, 7) is 1.81. The van der Waals surface area contributed by atoms with Gasteiger partial charge in [-0.1, -0.05) is 30.3 Å². The summed E-state index contributed by atoms with van der Waals surface area (Å²) >= 11 is 0. The van der Waals surface area contributed by atoms with Crippen LogP contribution in [0, 0.1) is 5.82 Å². The van der Waals surface area contributed by atoms with E-state index in [0.29, 0.717) is 23.1 Å². The molecule has 2 unspecified atom stereocenters. The first-order valence-electron chi connectivity index (χ1n) is 7.75. The summed E-state index contributed by atoms with van der Waals surface area (Å²) < 4.78 is 18.3. The summed E-state index contributed by atoms with van der Waals surface area (Å²) in [5.74, 6) is -0.599. The number of rotatable bonds is 5. The molecule has 2 N–H and O–H groups in total. The molecule has 0 radical (unpaired) electrons. The summed E-state index contributed by atoms with van der Waals surface area (Å²) in [6, 6.07) is 12.7. The molecule has 2 aromatic carbocycles. The highest BCUT2D eigenvalue weighted by atomic mass is 19.1. The Morgan fingerprint density at radius 3 is 2.67 bits per heavy atom. The molecule has 24 heavy (non-hydrogen) atoms. The van der Waals surface area contributed by atoms with Gasteiger partial charge in [0, 0.05) is 11.4 Å². The van der Waals surface area contributed by atoms with Crippen molar-refractivity contribution in [3.8, 4) is 0 Å². The minimum absolute atomic E-state index is 0.251. The van der Waals surface area contributed by atoms with Crippen LogP contribution in [0.5, 0.6) is 0 Å². The van der Waals surface area contributed by atoms with E-state index in [2.05, 4.69) is 5.32 Å². The standard InChI is InChI=1S/C19H18FNO3/c1-12(10-17(22)13-6-8-14(20)9-7-13)21-19(23)16-11-24-18-5-3-2-4-15(16)18/h2-9,11-12,17,22H,10H2,1H3,(H,21,23). The molecule has 3 aromatic rings. The van der Waals surface area contributed by atoms with Gasteiger partial charge in [-0.15, -0.1) is 0 Å². The smallest absolute Gasteiger partial charge is 0.255 e. The minimum Gasteiger partial charge on any atom is -0.463 e. The van der Waals surface area contributed by atoms with E-state index in [1.165, 1.54) is 30.5 Å². The summed E-state index contributed by atoms with van der Waals surface area (Å²) in [5, 5.41) is 13.8. The number of halogens is 1. The highest BCUT2D eigenvalue weighted by molar-refractivity contribution is 6.05. The average molecular weight is 327 g/mol. The predicted molar refractivity (Wildman–Crippen MR) is 89.1 cm³/mol. The van der Waals surface area contributed by atoms with Crippen LogP contribution in [0.1, 0.15) is 35.4 Å². The molecule has 0 aliphatic carbocycles. The quantitative estimate of drug-likeness (QED) is 0.749. The molecular formula is C19H18FNO3. The van der Waals surface area contributed by atoms with E-state index in [9.17, 15) is 14.3 Å². The van der Waals surface area contributed by atoms with Crippen LogP contribution >= 0.6 is 0 Å². The van der Waals surface area contributed by atoms with Crippen molar-refractivity contribution in [1.82, 2.24) is 5.32 Å². The highest BCUT2D eigenvalue weighted by Gasteiger charge is 2.18. The molecule has 3 rings (SSSR count). The van der Waals surface area contributed by atoms with Gasteiger partial charge in [0.2, 0.25) is 0 Å². The van der Waals surface area contributed by atoms with Crippen LogP contribution in [-0.2, 0) is 0 Å². The van der Waals surface area contributed by atoms with E-state index in [4.69, 9.17) is 4.42 Å². The van der Waals surface area contributed by atoms with Crippen molar-refractivity contribution in [2.24, 2.45) is 0 Å². The van der Waals surface area contributed by atoms with E-state index in [1.807, 2.05) is 25.1 Å². The molecule has 0 aliphatic heterocycles. The Morgan fingerprint density at radius 2 is 1.92 bits per heavy atom. The molecule has 124 valence electrons. The second-order valence-electron chi connectivity index (χ2n) is 5.82. The maximum Gasteiger partial charge on any atom is 0.255 e. The van der Waals surface area contributed by atoms with Crippen molar-refractivity contribution in [3.05, 3.63) is 71.7 Å². The third-order valence-electron chi connectivity index (χ3n) is 3.93. The number of furan rings is 1. The molecule has 5 heteroatoms. The SMILES string of the molecule is CC(CC(O)c1ccc(F)cc1)NC(=O)c1coc2ccccc12. The van der Waals surface area contributed by atoms with Crippen molar-refractivity contribution >= 4 is 16.9 Å². The summed E-state index contributed by atoms with van der Waals surface area (Å²) in [7, 11) is 0. The van der Waals surface area contributed by atoms with Gasteiger partial charge < -0.3 is 14.8 Å². The number of para-hydroxylation sites is 1. The lowest BCUT2D eigenvalue weighted by atomic mass is 10.0. The van der Waals surface area contributed by atoms with Crippen molar-refractivity contribution in [2.75, 3.05) is 0 Å². The van der Waals surface area contributed by atoms with Crippen LogP contribution < -0.4 is 5.32 Å². The molecule has 2 atom stereocenters. The minimum atomic E-state index is -0.776. The fraction of sp³-hybridized carbons (Fsp3) is 0.211. The normalized spacial score (nSPS) is 13.6.